The van der Waals surface area contributed by atoms with Crippen LogP contribution in [0.3, 0.4) is 0 Å². The van der Waals surface area contributed by atoms with Crippen LogP contribution in [0.25, 0.3) is 0 Å². The van der Waals surface area contributed by atoms with Crippen LogP contribution in [0.4, 0.5) is 0 Å². The Hall–Kier alpha value is -0.580. The minimum Gasteiger partial charge on any atom is -0.317 e. The third-order valence-corrected chi connectivity index (χ3v) is 5.63. The fourth-order valence-corrected chi connectivity index (χ4v) is 3.47. The Balaban J connectivity index is 2.55. The number of halogens is 1. The SMILES string of the molecule is CCNCC(CCCS(=O)(=O)CC)Cc1cccc(Cl)c1. The van der Waals surface area contributed by atoms with E-state index in [9.17, 15) is 8.42 Å². The van der Waals surface area contributed by atoms with Gasteiger partial charge in [-0.1, -0.05) is 37.6 Å². The summed E-state index contributed by atoms with van der Waals surface area (Å²) in [7, 11) is -2.86. The third kappa shape index (κ3) is 7.84. The van der Waals surface area contributed by atoms with Crippen molar-refractivity contribution < 1.29 is 8.42 Å². The summed E-state index contributed by atoms with van der Waals surface area (Å²) in [4.78, 5) is 0. The van der Waals surface area contributed by atoms with Crippen molar-refractivity contribution >= 4 is 21.4 Å². The summed E-state index contributed by atoms with van der Waals surface area (Å²) in [6.07, 6.45) is 2.57. The number of rotatable bonds is 10. The van der Waals surface area contributed by atoms with Gasteiger partial charge in [0.1, 0.15) is 9.84 Å². The van der Waals surface area contributed by atoms with Gasteiger partial charge in [-0.25, -0.2) is 8.42 Å². The molecule has 1 rings (SSSR count). The molecule has 0 radical (unpaired) electrons. The van der Waals surface area contributed by atoms with Crippen molar-refractivity contribution in [3.05, 3.63) is 34.9 Å². The molecule has 0 amide bonds. The molecule has 120 valence electrons. The van der Waals surface area contributed by atoms with E-state index in [1.54, 1.807) is 6.92 Å². The molecule has 0 aromatic heterocycles. The maximum atomic E-state index is 11.6. The molecule has 0 saturated carbocycles. The Morgan fingerprint density at radius 1 is 1.29 bits per heavy atom. The van der Waals surface area contributed by atoms with Gasteiger partial charge in [0.2, 0.25) is 0 Å². The monoisotopic (exact) mass is 331 g/mol. The van der Waals surface area contributed by atoms with Crippen molar-refractivity contribution in [1.82, 2.24) is 5.32 Å². The predicted octanol–water partition coefficient (Wildman–Crippen LogP) is 3.32. The number of hydrogen-bond donors (Lipinski definition) is 1. The molecule has 5 heteroatoms. The van der Waals surface area contributed by atoms with E-state index in [4.69, 9.17) is 11.6 Å². The first-order chi connectivity index (χ1) is 9.96. The van der Waals surface area contributed by atoms with Gasteiger partial charge in [0.05, 0.1) is 5.75 Å². The molecule has 0 aliphatic carbocycles. The van der Waals surface area contributed by atoms with E-state index in [0.717, 1.165) is 37.4 Å². The van der Waals surface area contributed by atoms with Gasteiger partial charge in [0.25, 0.3) is 0 Å². The highest BCUT2D eigenvalue weighted by Gasteiger charge is 2.13. The van der Waals surface area contributed by atoms with Crippen LogP contribution in [0.1, 0.15) is 32.3 Å². The molecule has 0 bridgehead atoms. The average molecular weight is 332 g/mol. The summed E-state index contributed by atoms with van der Waals surface area (Å²) in [6, 6.07) is 7.90. The maximum Gasteiger partial charge on any atom is 0.150 e. The van der Waals surface area contributed by atoms with Gasteiger partial charge in [-0.05, 0) is 56.0 Å². The van der Waals surface area contributed by atoms with Gasteiger partial charge in [-0.15, -0.1) is 0 Å². The van der Waals surface area contributed by atoms with E-state index >= 15 is 0 Å². The van der Waals surface area contributed by atoms with Gasteiger partial charge in [-0.3, -0.25) is 0 Å². The van der Waals surface area contributed by atoms with E-state index in [0.29, 0.717) is 11.7 Å². The van der Waals surface area contributed by atoms with Crippen molar-refractivity contribution in [2.45, 2.75) is 33.1 Å². The highest BCUT2D eigenvalue weighted by Crippen LogP contribution is 2.18. The predicted molar refractivity (Wildman–Crippen MR) is 90.8 cm³/mol. The molecule has 0 heterocycles. The minimum absolute atomic E-state index is 0.235. The average Bonchev–Trinajstić information content (AvgIpc) is 2.44. The Morgan fingerprint density at radius 2 is 2.05 bits per heavy atom. The number of sulfone groups is 1. The van der Waals surface area contributed by atoms with E-state index in [2.05, 4.69) is 18.3 Å². The normalized spacial score (nSPS) is 13.3. The first-order valence-corrected chi connectivity index (χ1v) is 9.82. The molecule has 0 spiro atoms. The van der Waals surface area contributed by atoms with Crippen molar-refractivity contribution in [2.75, 3.05) is 24.6 Å². The van der Waals surface area contributed by atoms with Crippen LogP contribution < -0.4 is 5.32 Å². The Morgan fingerprint density at radius 3 is 2.67 bits per heavy atom. The van der Waals surface area contributed by atoms with Gasteiger partial charge in [0, 0.05) is 10.8 Å². The Kier molecular flexibility index (Phi) is 8.30. The highest BCUT2D eigenvalue weighted by molar-refractivity contribution is 7.91. The van der Waals surface area contributed by atoms with Gasteiger partial charge in [-0.2, -0.15) is 0 Å². The molecule has 1 N–H and O–H groups in total. The summed E-state index contributed by atoms with van der Waals surface area (Å²) in [5.74, 6) is 0.969. The van der Waals surface area contributed by atoms with Crippen molar-refractivity contribution in [2.24, 2.45) is 5.92 Å². The lowest BCUT2D eigenvalue weighted by atomic mass is 9.95. The molecule has 1 atom stereocenters. The smallest absolute Gasteiger partial charge is 0.150 e. The van der Waals surface area contributed by atoms with Crippen molar-refractivity contribution in [3.63, 3.8) is 0 Å². The van der Waals surface area contributed by atoms with Crippen molar-refractivity contribution in [3.8, 4) is 0 Å². The summed E-state index contributed by atoms with van der Waals surface area (Å²) in [5, 5.41) is 4.12. The number of hydrogen-bond acceptors (Lipinski definition) is 3. The first-order valence-electron chi connectivity index (χ1n) is 7.62. The molecular formula is C16H26ClNO2S. The molecule has 0 aliphatic heterocycles. The van der Waals surface area contributed by atoms with Crippen molar-refractivity contribution in [1.29, 1.82) is 0 Å². The second-order valence-corrected chi connectivity index (χ2v) is 8.30. The van der Waals surface area contributed by atoms with Crippen LogP contribution >= 0.6 is 11.6 Å². The summed E-state index contributed by atoms with van der Waals surface area (Å²) >= 11 is 6.02. The highest BCUT2D eigenvalue weighted by atomic mass is 35.5. The van der Waals surface area contributed by atoms with Crippen LogP contribution in [0.5, 0.6) is 0 Å². The summed E-state index contributed by atoms with van der Waals surface area (Å²) in [5.41, 5.74) is 1.21. The van der Waals surface area contributed by atoms with E-state index < -0.39 is 9.84 Å². The topological polar surface area (TPSA) is 46.2 Å². The zero-order valence-corrected chi connectivity index (χ0v) is 14.5. The second kappa shape index (κ2) is 9.44. The van der Waals surface area contributed by atoms with E-state index in [1.807, 2.05) is 18.2 Å². The van der Waals surface area contributed by atoms with Gasteiger partial charge < -0.3 is 5.32 Å². The third-order valence-electron chi connectivity index (χ3n) is 3.60. The standard InChI is InChI=1S/C16H26ClNO2S/c1-3-18-13-15(8-6-10-21(19,20)4-2)11-14-7-5-9-16(17)12-14/h5,7,9,12,15,18H,3-4,6,8,10-11,13H2,1-2H3. The quantitative estimate of drug-likeness (QED) is 0.715. The zero-order valence-electron chi connectivity index (χ0n) is 12.9. The molecule has 0 saturated heterocycles. The maximum absolute atomic E-state index is 11.6. The number of nitrogens with one attached hydrogen (secondary N) is 1. The molecule has 1 aromatic carbocycles. The molecular weight excluding hydrogens is 306 g/mol. The van der Waals surface area contributed by atoms with E-state index in [1.165, 1.54) is 5.56 Å². The minimum atomic E-state index is -2.86. The van der Waals surface area contributed by atoms with Crippen LogP contribution in [-0.4, -0.2) is 33.0 Å². The fraction of sp³-hybridized carbons (Fsp3) is 0.625. The van der Waals surface area contributed by atoms with E-state index in [-0.39, 0.29) is 5.75 Å². The molecule has 1 aromatic rings. The molecule has 0 fully saturated rings. The first kappa shape index (κ1) is 18.5. The molecule has 1 unspecified atom stereocenters. The Bertz CT molecular complexity index is 517. The van der Waals surface area contributed by atoms with Gasteiger partial charge >= 0.3 is 0 Å². The lowest BCUT2D eigenvalue weighted by Crippen LogP contribution is -2.24. The molecule has 3 nitrogen and oxygen atoms in total. The zero-order chi connectivity index (χ0) is 15.7. The van der Waals surface area contributed by atoms with Crippen LogP contribution in [0.2, 0.25) is 5.02 Å². The second-order valence-electron chi connectivity index (χ2n) is 5.39. The largest absolute Gasteiger partial charge is 0.317 e. The van der Waals surface area contributed by atoms with Crippen LogP contribution in [0.15, 0.2) is 24.3 Å². The summed E-state index contributed by atoms with van der Waals surface area (Å²) in [6.45, 7) is 5.63. The summed E-state index contributed by atoms with van der Waals surface area (Å²) < 4.78 is 23.1. The molecule has 0 aliphatic rings. The Labute approximate surface area is 134 Å². The number of benzene rings is 1. The van der Waals surface area contributed by atoms with Crippen LogP contribution in [0, 0.1) is 5.92 Å². The van der Waals surface area contributed by atoms with Gasteiger partial charge in [0.15, 0.2) is 0 Å². The van der Waals surface area contributed by atoms with Crippen LogP contribution in [-0.2, 0) is 16.3 Å². The fourth-order valence-electron chi connectivity index (χ4n) is 2.36. The lowest BCUT2D eigenvalue weighted by molar-refractivity contribution is 0.444. The molecule has 21 heavy (non-hydrogen) atoms. The lowest BCUT2D eigenvalue weighted by Gasteiger charge is -2.17.